The summed E-state index contributed by atoms with van der Waals surface area (Å²) in [6.07, 6.45) is 2.75. The molecule has 0 saturated heterocycles. The van der Waals surface area contributed by atoms with E-state index in [0.717, 1.165) is 6.42 Å². The summed E-state index contributed by atoms with van der Waals surface area (Å²) in [4.78, 5) is 0. The van der Waals surface area contributed by atoms with E-state index in [1.165, 1.54) is 5.41 Å². The Morgan fingerprint density at radius 1 is 1.89 bits per heavy atom. The van der Waals surface area contributed by atoms with Gasteiger partial charge in [0.1, 0.15) is 0 Å². The van der Waals surface area contributed by atoms with E-state index in [2.05, 4.69) is 5.87 Å². The molecule has 0 N–H and O–H groups in total. The van der Waals surface area contributed by atoms with Gasteiger partial charge < -0.3 is 0 Å². The van der Waals surface area contributed by atoms with Crippen LogP contribution in [0.3, 0.4) is 0 Å². The number of hydrogen-bond acceptors (Lipinski definition) is 2. The summed E-state index contributed by atoms with van der Waals surface area (Å²) in [6, 6.07) is 0. The fraction of sp³-hybridized carbons (Fsp3) is 0.500. The maximum atomic E-state index is 11.0. The summed E-state index contributed by atoms with van der Waals surface area (Å²) in [6.45, 7) is 1.88. The molecule has 0 aromatic carbocycles. The monoisotopic (exact) mass is 146 g/mol. The van der Waals surface area contributed by atoms with Crippen LogP contribution in [0.25, 0.3) is 0 Å². The molecule has 3 heteroatoms. The smallest absolute Gasteiger partial charge is 0.0991 e. The molecule has 2 unspecified atom stereocenters. The zero-order valence-electron chi connectivity index (χ0n) is 5.37. The first-order valence-electron chi connectivity index (χ1n) is 2.82. The first-order valence-corrected chi connectivity index (χ1v) is 4.54. The normalized spacial score (nSPS) is 43.0. The molecule has 0 saturated carbocycles. The van der Waals surface area contributed by atoms with Crippen molar-refractivity contribution in [2.75, 3.05) is 0 Å². The standard InChI is InChI=1S/C6H10O2S/c1-6-4-3-5-9(2,7)8-6/h3,5-6H,2,4H2,1H3. The number of rotatable bonds is 0. The van der Waals surface area contributed by atoms with E-state index < -0.39 is 9.80 Å². The summed E-state index contributed by atoms with van der Waals surface area (Å²) < 4.78 is 16.0. The minimum absolute atomic E-state index is 0.0556. The van der Waals surface area contributed by atoms with Crippen molar-refractivity contribution >= 4 is 15.7 Å². The highest BCUT2D eigenvalue weighted by Gasteiger charge is 2.10. The highest BCUT2D eigenvalue weighted by atomic mass is 32.2. The fourth-order valence-corrected chi connectivity index (χ4v) is 1.85. The van der Waals surface area contributed by atoms with Gasteiger partial charge in [-0.1, -0.05) is 6.08 Å². The highest BCUT2D eigenvalue weighted by molar-refractivity contribution is 7.98. The van der Waals surface area contributed by atoms with Crippen LogP contribution in [-0.4, -0.2) is 16.2 Å². The van der Waals surface area contributed by atoms with Gasteiger partial charge in [0.25, 0.3) is 0 Å². The van der Waals surface area contributed by atoms with Crippen LogP contribution in [0.5, 0.6) is 0 Å². The molecule has 0 spiro atoms. The van der Waals surface area contributed by atoms with Gasteiger partial charge in [0.2, 0.25) is 0 Å². The average Bonchev–Trinajstić information content (AvgIpc) is 1.60. The van der Waals surface area contributed by atoms with Crippen LogP contribution >= 0.6 is 0 Å². The van der Waals surface area contributed by atoms with Crippen molar-refractivity contribution in [3.05, 3.63) is 11.5 Å². The predicted molar refractivity (Wildman–Crippen MR) is 39.6 cm³/mol. The molecule has 9 heavy (non-hydrogen) atoms. The first kappa shape index (κ1) is 6.83. The van der Waals surface area contributed by atoms with Gasteiger partial charge >= 0.3 is 0 Å². The molecule has 1 aliphatic heterocycles. The zero-order chi connectivity index (χ0) is 6.91. The molecular formula is C6H10O2S. The molecule has 1 heterocycles. The summed E-state index contributed by atoms with van der Waals surface area (Å²) in [5.41, 5.74) is 0. The molecule has 0 aromatic rings. The topological polar surface area (TPSA) is 26.3 Å². The van der Waals surface area contributed by atoms with E-state index in [0.29, 0.717) is 0 Å². The second kappa shape index (κ2) is 2.15. The Bertz CT molecular complexity index is 213. The quantitative estimate of drug-likeness (QED) is 0.475. The Hall–Kier alpha value is -0.280. The molecule has 0 aliphatic carbocycles. The van der Waals surface area contributed by atoms with Crippen LogP contribution in [0, 0.1) is 0 Å². The van der Waals surface area contributed by atoms with Crippen LogP contribution in [0.2, 0.25) is 0 Å². The summed E-state index contributed by atoms with van der Waals surface area (Å²) >= 11 is 0. The van der Waals surface area contributed by atoms with E-state index in [1.807, 2.05) is 13.0 Å². The zero-order valence-corrected chi connectivity index (χ0v) is 6.19. The summed E-state index contributed by atoms with van der Waals surface area (Å²) in [5.74, 6) is 3.40. The van der Waals surface area contributed by atoms with Gasteiger partial charge in [-0.15, -0.1) is 0 Å². The lowest BCUT2D eigenvalue weighted by Gasteiger charge is -2.16. The van der Waals surface area contributed by atoms with Gasteiger partial charge in [-0.05, 0) is 19.2 Å². The van der Waals surface area contributed by atoms with E-state index >= 15 is 0 Å². The molecule has 1 rings (SSSR count). The molecular weight excluding hydrogens is 136 g/mol. The average molecular weight is 146 g/mol. The van der Waals surface area contributed by atoms with Gasteiger partial charge in [0.15, 0.2) is 0 Å². The van der Waals surface area contributed by atoms with E-state index in [-0.39, 0.29) is 6.10 Å². The van der Waals surface area contributed by atoms with Crippen molar-refractivity contribution < 1.29 is 8.39 Å². The second-order valence-corrected chi connectivity index (χ2v) is 3.97. The van der Waals surface area contributed by atoms with Gasteiger partial charge in [0.05, 0.1) is 15.9 Å². The summed E-state index contributed by atoms with van der Waals surface area (Å²) in [7, 11) is -2.31. The van der Waals surface area contributed by atoms with Crippen LogP contribution in [0.1, 0.15) is 13.3 Å². The van der Waals surface area contributed by atoms with E-state index in [4.69, 9.17) is 4.18 Å². The van der Waals surface area contributed by atoms with Crippen LogP contribution in [-0.2, 0) is 14.0 Å². The third-order valence-electron chi connectivity index (χ3n) is 1.10. The lowest BCUT2D eigenvalue weighted by Crippen LogP contribution is -2.15. The molecule has 0 amide bonds. The Morgan fingerprint density at radius 2 is 2.56 bits per heavy atom. The lowest BCUT2D eigenvalue weighted by molar-refractivity contribution is 0.248. The number of hydrogen-bond donors (Lipinski definition) is 0. The summed E-state index contributed by atoms with van der Waals surface area (Å²) in [5, 5.41) is 1.53. The van der Waals surface area contributed by atoms with Crippen molar-refractivity contribution in [3.63, 3.8) is 0 Å². The Balaban J connectivity index is 2.84. The van der Waals surface area contributed by atoms with Gasteiger partial charge in [0, 0.05) is 5.41 Å². The molecule has 0 fully saturated rings. The maximum absolute atomic E-state index is 11.0. The van der Waals surface area contributed by atoms with Crippen molar-refractivity contribution in [2.24, 2.45) is 0 Å². The van der Waals surface area contributed by atoms with Gasteiger partial charge in [-0.2, -0.15) is 0 Å². The van der Waals surface area contributed by atoms with Crippen molar-refractivity contribution in [2.45, 2.75) is 19.4 Å². The molecule has 52 valence electrons. The highest BCUT2D eigenvalue weighted by Crippen LogP contribution is 2.11. The van der Waals surface area contributed by atoms with Crippen molar-refractivity contribution in [1.29, 1.82) is 0 Å². The Labute approximate surface area is 55.7 Å². The largest absolute Gasteiger partial charge is 0.292 e. The van der Waals surface area contributed by atoms with Crippen LogP contribution in [0.4, 0.5) is 0 Å². The molecule has 0 bridgehead atoms. The molecule has 0 aromatic heterocycles. The molecule has 2 atom stereocenters. The predicted octanol–water partition coefficient (Wildman–Crippen LogP) is 0.940. The minimum atomic E-state index is -2.31. The van der Waals surface area contributed by atoms with Crippen molar-refractivity contribution in [1.82, 2.24) is 0 Å². The van der Waals surface area contributed by atoms with Crippen molar-refractivity contribution in [3.8, 4) is 0 Å². The molecule has 2 nitrogen and oxygen atoms in total. The van der Waals surface area contributed by atoms with Crippen LogP contribution < -0.4 is 0 Å². The van der Waals surface area contributed by atoms with E-state index in [9.17, 15) is 4.21 Å². The Morgan fingerprint density at radius 3 is 2.89 bits per heavy atom. The SMILES string of the molecule is C=S1(=O)C=CCC(C)O1. The fourth-order valence-electron chi connectivity index (χ4n) is 0.743. The van der Waals surface area contributed by atoms with Crippen LogP contribution in [0.15, 0.2) is 11.5 Å². The third-order valence-corrected chi connectivity index (χ3v) is 2.36. The Kier molecular flexibility index (Phi) is 1.64. The van der Waals surface area contributed by atoms with Gasteiger partial charge in [-0.3, -0.25) is 4.18 Å². The second-order valence-electron chi connectivity index (χ2n) is 2.18. The van der Waals surface area contributed by atoms with E-state index in [1.54, 1.807) is 0 Å². The lowest BCUT2D eigenvalue weighted by atomic mass is 10.3. The van der Waals surface area contributed by atoms with Gasteiger partial charge in [-0.25, -0.2) is 4.21 Å². The molecule has 0 radical (unpaired) electrons. The minimum Gasteiger partial charge on any atom is -0.292 e. The maximum Gasteiger partial charge on any atom is 0.0991 e. The molecule has 1 aliphatic rings. The first-order chi connectivity index (χ1) is 4.10. The third kappa shape index (κ3) is 1.84.